The van der Waals surface area contributed by atoms with E-state index in [1.54, 1.807) is 12.1 Å². The Kier molecular flexibility index (Phi) is 3.19. The molecule has 0 amide bonds. The maximum absolute atomic E-state index is 11.4. The second-order valence-corrected chi connectivity index (χ2v) is 3.79. The summed E-state index contributed by atoms with van der Waals surface area (Å²) in [5.41, 5.74) is 16.8. The van der Waals surface area contributed by atoms with E-state index in [0.29, 0.717) is 5.76 Å². The molecule has 2 unspecified atom stereocenters. The third kappa shape index (κ3) is 2.01. The number of aliphatic imine (C=N–C) groups is 1. The van der Waals surface area contributed by atoms with Gasteiger partial charge >= 0.3 is 0 Å². The van der Waals surface area contributed by atoms with Gasteiger partial charge in [0.2, 0.25) is 0 Å². The van der Waals surface area contributed by atoms with Gasteiger partial charge in [-0.25, -0.2) is 0 Å². The fraction of sp³-hybridized carbons (Fsp3) is 0.333. The van der Waals surface area contributed by atoms with Crippen LogP contribution in [-0.4, -0.2) is 39.0 Å². The zero-order chi connectivity index (χ0) is 13.3. The van der Waals surface area contributed by atoms with E-state index in [1.807, 2.05) is 0 Å². The van der Waals surface area contributed by atoms with Gasteiger partial charge in [-0.2, -0.15) is 0 Å². The lowest BCUT2D eigenvalue weighted by Gasteiger charge is -2.32. The van der Waals surface area contributed by atoms with Crippen LogP contribution in [0.15, 0.2) is 27.8 Å². The highest BCUT2D eigenvalue weighted by Gasteiger charge is 2.37. The number of hydrazine groups is 1. The highest BCUT2D eigenvalue weighted by atomic mass is 16.7. The fourth-order valence-corrected chi connectivity index (χ4v) is 1.54. The van der Waals surface area contributed by atoms with Gasteiger partial charge in [0.05, 0.1) is 18.8 Å². The van der Waals surface area contributed by atoms with Crippen molar-refractivity contribution < 1.29 is 14.5 Å². The van der Waals surface area contributed by atoms with Crippen molar-refractivity contribution in [2.45, 2.75) is 18.6 Å². The van der Waals surface area contributed by atoms with E-state index in [9.17, 15) is 10.4 Å². The Morgan fingerprint density at radius 1 is 1.50 bits per heavy atom. The summed E-state index contributed by atoms with van der Waals surface area (Å²) in [5.74, 6) is 0.224. The van der Waals surface area contributed by atoms with Gasteiger partial charge in [0.1, 0.15) is 11.8 Å². The van der Waals surface area contributed by atoms with Gasteiger partial charge < -0.3 is 21.1 Å². The Morgan fingerprint density at radius 3 is 2.83 bits per heavy atom. The van der Waals surface area contributed by atoms with E-state index in [-0.39, 0.29) is 28.2 Å². The van der Waals surface area contributed by atoms with E-state index in [2.05, 4.69) is 4.99 Å². The van der Waals surface area contributed by atoms with Gasteiger partial charge in [-0.3, -0.25) is 15.9 Å². The number of hydroxylamine groups is 1. The van der Waals surface area contributed by atoms with Crippen LogP contribution in [0, 0.1) is 5.21 Å². The van der Waals surface area contributed by atoms with Crippen molar-refractivity contribution >= 4 is 11.7 Å². The van der Waals surface area contributed by atoms with Gasteiger partial charge in [-0.15, -0.1) is 4.85 Å². The summed E-state index contributed by atoms with van der Waals surface area (Å²) >= 11 is 0. The van der Waals surface area contributed by atoms with Gasteiger partial charge in [-0.1, -0.05) is 5.17 Å². The third-order valence-corrected chi connectivity index (χ3v) is 2.60. The van der Waals surface area contributed by atoms with Crippen LogP contribution in [0.3, 0.4) is 0 Å². The van der Waals surface area contributed by atoms with Crippen molar-refractivity contribution in [3.63, 3.8) is 0 Å². The Hall–Kier alpha value is -2.10. The number of amidine groups is 2. The van der Waals surface area contributed by atoms with Crippen molar-refractivity contribution in [2.75, 3.05) is 0 Å². The van der Waals surface area contributed by atoms with Crippen LogP contribution in [0.1, 0.15) is 5.76 Å². The van der Waals surface area contributed by atoms with Crippen LogP contribution in [0.4, 0.5) is 0 Å². The Balaban J connectivity index is 2.25. The summed E-state index contributed by atoms with van der Waals surface area (Å²) in [4.78, 5) is 4.06. The van der Waals surface area contributed by atoms with Gasteiger partial charge in [0, 0.05) is 0 Å². The molecule has 1 aromatic heterocycles. The van der Waals surface area contributed by atoms with E-state index in [1.165, 1.54) is 6.26 Å². The maximum Gasteiger partial charge on any atom is 0.291 e. The lowest BCUT2D eigenvalue weighted by atomic mass is 10.1. The van der Waals surface area contributed by atoms with Gasteiger partial charge in [0.25, 0.3) is 5.84 Å². The molecule has 0 fully saturated rings. The quantitative estimate of drug-likeness (QED) is 0.363. The molecule has 1 aliphatic rings. The second kappa shape index (κ2) is 4.64. The van der Waals surface area contributed by atoms with E-state index in [4.69, 9.17) is 21.6 Å². The molecule has 0 bridgehead atoms. The molecule has 1 aromatic rings. The molecule has 9 heteroatoms. The predicted molar refractivity (Wildman–Crippen MR) is 62.2 cm³/mol. The van der Waals surface area contributed by atoms with Crippen molar-refractivity contribution in [1.29, 1.82) is 0 Å². The highest BCUT2D eigenvalue weighted by Crippen LogP contribution is 2.08. The minimum Gasteiger partial charge on any atom is -0.691 e. The number of hydrazone groups is 1. The van der Waals surface area contributed by atoms with Crippen LogP contribution < -0.4 is 17.2 Å². The number of furan rings is 1. The zero-order valence-electron chi connectivity index (χ0n) is 9.43. The summed E-state index contributed by atoms with van der Waals surface area (Å²) in [7, 11) is 0. The monoisotopic (exact) mass is 254 g/mol. The largest absolute Gasteiger partial charge is 0.691 e. The van der Waals surface area contributed by atoms with E-state index < -0.39 is 12.1 Å². The number of hydrogen-bond donors (Lipinski definition) is 4. The predicted octanol–water partition coefficient (Wildman–Crippen LogP) is -1.68. The first kappa shape index (κ1) is 12.4. The highest BCUT2D eigenvalue weighted by molar-refractivity contribution is 5.96. The zero-order valence-corrected chi connectivity index (χ0v) is 9.43. The molecule has 0 aromatic carbocycles. The average Bonchev–Trinajstić information content (AvgIpc) is 2.87. The molecule has 0 spiro atoms. The summed E-state index contributed by atoms with van der Waals surface area (Å²) in [6, 6.07) is 1.64. The summed E-state index contributed by atoms with van der Waals surface area (Å²) < 4.78 is 5.07. The molecule has 2 atom stereocenters. The molecule has 0 saturated heterocycles. The summed E-state index contributed by atoms with van der Waals surface area (Å²) in [6.45, 7) is 0.132. The molecule has 2 rings (SSSR count). The van der Waals surface area contributed by atoms with E-state index >= 15 is 0 Å². The lowest BCUT2D eigenvalue weighted by Crippen LogP contribution is -2.66. The molecule has 0 aliphatic carbocycles. The second-order valence-electron chi connectivity index (χ2n) is 3.79. The van der Waals surface area contributed by atoms with Crippen molar-refractivity contribution in [1.82, 2.24) is 5.17 Å². The fourth-order valence-electron chi connectivity index (χ4n) is 1.54. The average molecular weight is 254 g/mol. The minimum absolute atomic E-state index is 0.0506. The molecular weight excluding hydrogens is 240 g/mol. The van der Waals surface area contributed by atoms with Crippen LogP contribution >= 0.6 is 0 Å². The van der Waals surface area contributed by atoms with Crippen molar-refractivity contribution in [3.05, 3.63) is 29.4 Å². The first-order chi connectivity index (χ1) is 8.52. The van der Waals surface area contributed by atoms with Crippen molar-refractivity contribution in [2.24, 2.45) is 22.2 Å². The summed E-state index contributed by atoms with van der Waals surface area (Å²) in [6.07, 6.45) is 1.49. The van der Waals surface area contributed by atoms with Crippen LogP contribution in [0.25, 0.3) is 0 Å². The molecular formula is C9H14N6O3. The Labute approximate surface area is 102 Å². The topological polar surface area (TPSA) is 153 Å². The Bertz CT molecular complexity index is 483. The smallest absolute Gasteiger partial charge is 0.291 e. The summed E-state index contributed by atoms with van der Waals surface area (Å²) in [5, 5.41) is 21.3. The van der Waals surface area contributed by atoms with Crippen LogP contribution in [0.5, 0.6) is 0 Å². The first-order valence-corrected chi connectivity index (χ1v) is 5.18. The molecule has 9 nitrogen and oxygen atoms in total. The van der Waals surface area contributed by atoms with E-state index in [0.717, 1.165) is 0 Å². The van der Waals surface area contributed by atoms with Gasteiger partial charge in [0.15, 0.2) is 5.84 Å². The molecule has 7 N–H and O–H groups in total. The lowest BCUT2D eigenvalue weighted by molar-refractivity contribution is -0.688. The number of nitrogens with zero attached hydrogens (tertiary/aromatic N) is 3. The molecule has 2 heterocycles. The minimum atomic E-state index is -0.902. The number of nitrogens with two attached hydrogens (primary N) is 3. The SMILES string of the molecule is NC1=[N+]([O-])N(O)C(=NCc2ccco2)C(N)C1N. The maximum atomic E-state index is 11.4. The number of hydrogen-bond acceptors (Lipinski definition) is 7. The molecule has 1 aliphatic heterocycles. The van der Waals surface area contributed by atoms with Crippen LogP contribution in [0.2, 0.25) is 0 Å². The first-order valence-electron chi connectivity index (χ1n) is 5.18. The molecule has 0 saturated carbocycles. The van der Waals surface area contributed by atoms with Crippen LogP contribution in [-0.2, 0) is 6.54 Å². The van der Waals surface area contributed by atoms with Crippen molar-refractivity contribution in [3.8, 4) is 0 Å². The third-order valence-electron chi connectivity index (χ3n) is 2.60. The molecule has 98 valence electrons. The normalized spacial score (nSPS) is 27.1. The standard InChI is InChI=1S/C9H14N6O3/c10-6-7(11)9(15(17)14(16)8(6)12)13-4-5-2-1-3-18-5/h1-3,6-7,17H,4,10-12H2. The molecule has 0 radical (unpaired) electrons. The number of rotatable bonds is 2. The van der Waals surface area contributed by atoms with Gasteiger partial charge in [-0.05, 0) is 12.1 Å². The molecule has 18 heavy (non-hydrogen) atoms. The Morgan fingerprint density at radius 2 is 2.22 bits per heavy atom.